The van der Waals surface area contributed by atoms with Crippen molar-refractivity contribution in [3.63, 3.8) is 0 Å². The summed E-state index contributed by atoms with van der Waals surface area (Å²) in [7, 11) is -4.61. The summed E-state index contributed by atoms with van der Waals surface area (Å²) in [6.07, 6.45) is -1.04. The highest BCUT2D eigenvalue weighted by atomic mass is 31.2. The fraction of sp³-hybridized carbons (Fsp3) is 0.667. The van der Waals surface area contributed by atoms with Crippen LogP contribution in [0.25, 0.3) is 0 Å². The van der Waals surface area contributed by atoms with Gasteiger partial charge >= 0.3 is 13.6 Å². The second-order valence-corrected chi connectivity index (χ2v) is 5.96. The van der Waals surface area contributed by atoms with Gasteiger partial charge in [-0.1, -0.05) is 0 Å². The summed E-state index contributed by atoms with van der Waals surface area (Å²) in [5.74, 6) is -3.10. The molecule has 20 heavy (non-hydrogen) atoms. The molecule has 0 saturated heterocycles. The maximum absolute atomic E-state index is 11.6. The Hall–Kier alpha value is -1.48. The van der Waals surface area contributed by atoms with Gasteiger partial charge in [-0.3, -0.25) is 14.2 Å². The van der Waals surface area contributed by atoms with E-state index in [1.54, 1.807) is 0 Å². The van der Waals surface area contributed by atoms with E-state index in [2.05, 4.69) is 5.32 Å². The maximum Gasteiger partial charge on any atom is 0.328 e. The molecule has 0 aliphatic carbocycles. The van der Waals surface area contributed by atoms with E-state index in [9.17, 15) is 18.9 Å². The standard InChI is InChI=1S/C9H18N3O7P/c1-4(10)7(13)11-5(2)8(14)12-6(9(15)16)3-20(17,18)19/h4-6H,3,10H2,1-2H3,(H,11,13)(H,12,14)(H,15,16)(H2,17,18,19)/t4-,5-,6+/m0/s1. The Kier molecular flexibility index (Phi) is 6.80. The fourth-order valence-electron chi connectivity index (χ4n) is 1.13. The molecule has 0 aromatic carbocycles. The van der Waals surface area contributed by atoms with E-state index in [0.29, 0.717) is 0 Å². The van der Waals surface area contributed by atoms with Crippen LogP contribution >= 0.6 is 7.60 Å². The monoisotopic (exact) mass is 311 g/mol. The first-order chi connectivity index (χ1) is 8.94. The normalized spacial score (nSPS) is 15.8. The van der Waals surface area contributed by atoms with E-state index in [0.717, 1.165) is 0 Å². The Balaban J connectivity index is 4.65. The summed E-state index contributed by atoms with van der Waals surface area (Å²) in [5, 5.41) is 12.9. The summed E-state index contributed by atoms with van der Waals surface area (Å²) < 4.78 is 10.8. The van der Waals surface area contributed by atoms with Crippen molar-refractivity contribution in [2.75, 3.05) is 6.16 Å². The van der Waals surface area contributed by atoms with Crippen LogP contribution in [-0.4, -0.2) is 57.0 Å². The first kappa shape index (κ1) is 18.5. The van der Waals surface area contributed by atoms with E-state index >= 15 is 0 Å². The molecule has 10 nitrogen and oxygen atoms in total. The number of nitrogens with two attached hydrogens (primary N) is 1. The van der Waals surface area contributed by atoms with Gasteiger partial charge in [-0.25, -0.2) is 4.79 Å². The number of carboxylic acids is 1. The number of hydrogen-bond donors (Lipinski definition) is 6. The van der Waals surface area contributed by atoms with E-state index in [-0.39, 0.29) is 0 Å². The quantitative estimate of drug-likeness (QED) is 0.281. The third-order valence-corrected chi connectivity index (χ3v) is 3.04. The van der Waals surface area contributed by atoms with Gasteiger partial charge in [0.25, 0.3) is 0 Å². The van der Waals surface area contributed by atoms with Crippen molar-refractivity contribution in [2.45, 2.75) is 32.0 Å². The van der Waals surface area contributed by atoms with Crippen LogP contribution in [0, 0.1) is 0 Å². The van der Waals surface area contributed by atoms with E-state index in [4.69, 9.17) is 20.6 Å². The first-order valence-corrected chi connectivity index (χ1v) is 7.37. The third-order valence-electron chi connectivity index (χ3n) is 2.20. The number of carbonyl (C=O) groups excluding carboxylic acids is 2. The molecule has 7 N–H and O–H groups in total. The smallest absolute Gasteiger partial charge is 0.328 e. The molecule has 0 unspecified atom stereocenters. The molecule has 0 radical (unpaired) electrons. The van der Waals surface area contributed by atoms with E-state index < -0.39 is 49.7 Å². The highest BCUT2D eigenvalue weighted by Gasteiger charge is 2.30. The van der Waals surface area contributed by atoms with Crippen molar-refractivity contribution in [3.05, 3.63) is 0 Å². The molecule has 116 valence electrons. The van der Waals surface area contributed by atoms with Crippen LogP contribution in [0.5, 0.6) is 0 Å². The van der Waals surface area contributed by atoms with Gasteiger partial charge in [0.2, 0.25) is 11.8 Å². The predicted octanol–water partition coefficient (Wildman–Crippen LogP) is -2.41. The molecule has 11 heteroatoms. The lowest BCUT2D eigenvalue weighted by Gasteiger charge is -2.19. The zero-order chi connectivity index (χ0) is 16.1. The highest BCUT2D eigenvalue weighted by molar-refractivity contribution is 7.51. The molecule has 0 aliphatic rings. The van der Waals surface area contributed by atoms with Gasteiger partial charge in [-0.05, 0) is 13.8 Å². The molecular weight excluding hydrogens is 293 g/mol. The van der Waals surface area contributed by atoms with Crippen molar-refractivity contribution in [3.8, 4) is 0 Å². The summed E-state index contributed by atoms with van der Waals surface area (Å²) in [4.78, 5) is 51.1. The maximum atomic E-state index is 11.6. The van der Waals surface area contributed by atoms with Crippen molar-refractivity contribution in [1.29, 1.82) is 0 Å². The lowest BCUT2D eigenvalue weighted by Crippen LogP contribution is -2.53. The number of hydrogen-bond acceptors (Lipinski definition) is 5. The van der Waals surface area contributed by atoms with Crippen molar-refractivity contribution >= 4 is 25.4 Å². The molecule has 0 fully saturated rings. The molecule has 3 atom stereocenters. The second-order valence-electron chi connectivity index (χ2n) is 4.27. The zero-order valence-corrected chi connectivity index (χ0v) is 11.8. The Morgan fingerprint density at radius 2 is 1.65 bits per heavy atom. The van der Waals surface area contributed by atoms with E-state index in [1.807, 2.05) is 5.32 Å². The molecule has 0 rings (SSSR count). The van der Waals surface area contributed by atoms with Crippen LogP contribution < -0.4 is 16.4 Å². The minimum atomic E-state index is -4.61. The van der Waals surface area contributed by atoms with Gasteiger partial charge in [0.05, 0.1) is 12.2 Å². The molecule has 0 aliphatic heterocycles. The number of aliphatic carboxylic acids is 1. The summed E-state index contributed by atoms with van der Waals surface area (Å²) in [6.45, 7) is 2.68. The second kappa shape index (κ2) is 7.34. The third kappa shape index (κ3) is 7.19. The molecular formula is C9H18N3O7P. The Morgan fingerprint density at radius 1 is 1.15 bits per heavy atom. The van der Waals surface area contributed by atoms with Crippen LogP contribution in [-0.2, 0) is 18.9 Å². The number of carbonyl (C=O) groups is 3. The molecule has 2 amide bonds. The summed E-state index contributed by atoms with van der Waals surface area (Å²) >= 11 is 0. The molecule has 0 spiro atoms. The van der Waals surface area contributed by atoms with Gasteiger partial charge in [-0.15, -0.1) is 0 Å². The molecule has 0 bridgehead atoms. The van der Waals surface area contributed by atoms with Gasteiger partial charge in [0.15, 0.2) is 0 Å². The Bertz CT molecular complexity index is 433. The predicted molar refractivity (Wildman–Crippen MR) is 67.7 cm³/mol. The van der Waals surface area contributed by atoms with Gasteiger partial charge in [0.1, 0.15) is 12.1 Å². The first-order valence-electron chi connectivity index (χ1n) is 5.57. The molecule has 0 saturated carbocycles. The van der Waals surface area contributed by atoms with Crippen LogP contribution in [0.2, 0.25) is 0 Å². The zero-order valence-electron chi connectivity index (χ0n) is 10.9. The van der Waals surface area contributed by atoms with Gasteiger partial charge in [-0.2, -0.15) is 0 Å². The largest absolute Gasteiger partial charge is 0.480 e. The number of nitrogens with one attached hydrogen (secondary N) is 2. The number of carboxylic acid groups (broad SMARTS) is 1. The van der Waals surface area contributed by atoms with E-state index in [1.165, 1.54) is 13.8 Å². The Morgan fingerprint density at radius 3 is 2.00 bits per heavy atom. The highest BCUT2D eigenvalue weighted by Crippen LogP contribution is 2.34. The average Bonchev–Trinajstić information content (AvgIpc) is 2.25. The average molecular weight is 311 g/mol. The Labute approximate surface area is 114 Å². The van der Waals surface area contributed by atoms with Crippen molar-refractivity contribution in [1.82, 2.24) is 10.6 Å². The minimum Gasteiger partial charge on any atom is -0.480 e. The lowest BCUT2D eigenvalue weighted by molar-refractivity contribution is -0.141. The topological polar surface area (TPSA) is 179 Å². The number of amides is 2. The van der Waals surface area contributed by atoms with Gasteiger partial charge < -0.3 is 31.3 Å². The van der Waals surface area contributed by atoms with Crippen molar-refractivity contribution in [2.24, 2.45) is 5.73 Å². The number of rotatable bonds is 7. The van der Waals surface area contributed by atoms with Crippen molar-refractivity contribution < 1.29 is 33.8 Å². The minimum absolute atomic E-state index is 0.616. The molecule has 0 heterocycles. The summed E-state index contributed by atoms with van der Waals surface area (Å²) in [6, 6.07) is -3.69. The van der Waals surface area contributed by atoms with Gasteiger partial charge in [0, 0.05) is 0 Å². The van der Waals surface area contributed by atoms with Crippen LogP contribution in [0.3, 0.4) is 0 Å². The fourth-order valence-corrected chi connectivity index (χ4v) is 1.85. The lowest BCUT2D eigenvalue weighted by atomic mass is 10.2. The SMILES string of the molecule is C[C@H](N)C(=O)N[C@@H](C)C(=O)N[C@H](CP(=O)(O)O)C(=O)O. The molecule has 0 aromatic rings. The summed E-state index contributed by atoms with van der Waals surface area (Å²) in [5.41, 5.74) is 5.28. The molecule has 0 aromatic heterocycles. The van der Waals surface area contributed by atoms with Crippen LogP contribution in [0.1, 0.15) is 13.8 Å². The van der Waals surface area contributed by atoms with Crippen LogP contribution in [0.4, 0.5) is 0 Å². The van der Waals surface area contributed by atoms with Crippen LogP contribution in [0.15, 0.2) is 0 Å².